The normalized spacial score (nSPS) is 15.3. The van der Waals surface area contributed by atoms with Crippen LogP contribution in [0.5, 0.6) is 0 Å². The van der Waals surface area contributed by atoms with Gasteiger partial charge in [-0.25, -0.2) is 0 Å². The van der Waals surface area contributed by atoms with Crippen LogP contribution in [0.3, 0.4) is 0 Å². The number of amides is 1. The van der Waals surface area contributed by atoms with Crippen molar-refractivity contribution in [3.8, 4) is 0 Å². The van der Waals surface area contributed by atoms with Gasteiger partial charge in [0.1, 0.15) is 5.69 Å². The van der Waals surface area contributed by atoms with Crippen molar-refractivity contribution in [1.29, 1.82) is 0 Å². The summed E-state index contributed by atoms with van der Waals surface area (Å²) in [6.07, 6.45) is 2.23. The zero-order valence-corrected chi connectivity index (χ0v) is 11.2. The summed E-state index contributed by atoms with van der Waals surface area (Å²) in [6, 6.07) is 7.78. The number of likely N-dealkylation sites (tertiary alicyclic amines) is 1. The SMILES string of the molecule is CCn1c(C(=O)N2CCCC2)cc2cc(N)ccc21. The molecule has 1 fully saturated rings. The van der Waals surface area contributed by atoms with Crippen LogP contribution in [0, 0.1) is 0 Å². The van der Waals surface area contributed by atoms with Crippen LogP contribution in [-0.2, 0) is 6.54 Å². The van der Waals surface area contributed by atoms with E-state index in [9.17, 15) is 4.79 Å². The molecule has 1 saturated heterocycles. The Morgan fingerprint density at radius 3 is 2.68 bits per heavy atom. The molecule has 1 aromatic carbocycles. The highest BCUT2D eigenvalue weighted by atomic mass is 16.2. The van der Waals surface area contributed by atoms with Crippen LogP contribution in [0.2, 0.25) is 0 Å². The maximum atomic E-state index is 12.6. The van der Waals surface area contributed by atoms with Crippen molar-refractivity contribution in [1.82, 2.24) is 9.47 Å². The van der Waals surface area contributed by atoms with Gasteiger partial charge >= 0.3 is 0 Å². The van der Waals surface area contributed by atoms with E-state index in [2.05, 4.69) is 11.5 Å². The maximum absolute atomic E-state index is 12.6. The lowest BCUT2D eigenvalue weighted by molar-refractivity contribution is 0.0783. The van der Waals surface area contributed by atoms with Crippen molar-refractivity contribution in [3.05, 3.63) is 30.0 Å². The molecule has 1 amide bonds. The summed E-state index contributed by atoms with van der Waals surface area (Å²) < 4.78 is 2.08. The lowest BCUT2D eigenvalue weighted by Gasteiger charge is -2.16. The van der Waals surface area contributed by atoms with E-state index < -0.39 is 0 Å². The highest BCUT2D eigenvalue weighted by Gasteiger charge is 2.23. The Balaban J connectivity index is 2.09. The summed E-state index contributed by atoms with van der Waals surface area (Å²) >= 11 is 0. The van der Waals surface area contributed by atoms with Gasteiger partial charge in [-0.15, -0.1) is 0 Å². The Labute approximate surface area is 112 Å². The fraction of sp³-hybridized carbons (Fsp3) is 0.400. The number of nitrogens with two attached hydrogens (primary N) is 1. The number of nitrogen functional groups attached to an aromatic ring is 1. The van der Waals surface area contributed by atoms with Gasteiger partial charge in [-0.3, -0.25) is 4.79 Å². The van der Waals surface area contributed by atoms with E-state index in [1.807, 2.05) is 29.2 Å². The summed E-state index contributed by atoms with van der Waals surface area (Å²) in [5, 5.41) is 1.05. The van der Waals surface area contributed by atoms with Crippen LogP contribution in [0.1, 0.15) is 30.3 Å². The predicted octanol–water partition coefficient (Wildman–Crippen LogP) is 2.48. The van der Waals surface area contributed by atoms with Gasteiger partial charge < -0.3 is 15.2 Å². The number of hydrogen-bond donors (Lipinski definition) is 1. The molecular formula is C15H19N3O. The van der Waals surface area contributed by atoms with E-state index in [-0.39, 0.29) is 5.91 Å². The first-order valence-electron chi connectivity index (χ1n) is 6.88. The predicted molar refractivity (Wildman–Crippen MR) is 77.2 cm³/mol. The number of aromatic nitrogens is 1. The van der Waals surface area contributed by atoms with Crippen LogP contribution in [0.4, 0.5) is 5.69 Å². The van der Waals surface area contributed by atoms with Gasteiger partial charge in [0, 0.05) is 36.2 Å². The molecule has 4 nitrogen and oxygen atoms in total. The molecule has 1 aliphatic rings. The summed E-state index contributed by atoms with van der Waals surface area (Å²) in [4.78, 5) is 14.5. The molecule has 2 heterocycles. The van der Waals surface area contributed by atoms with E-state index >= 15 is 0 Å². The second-order valence-corrected chi connectivity index (χ2v) is 5.09. The van der Waals surface area contributed by atoms with Crippen molar-refractivity contribution in [2.45, 2.75) is 26.3 Å². The van der Waals surface area contributed by atoms with Crippen molar-refractivity contribution in [2.75, 3.05) is 18.8 Å². The molecular weight excluding hydrogens is 238 g/mol. The van der Waals surface area contributed by atoms with Gasteiger partial charge in [-0.2, -0.15) is 0 Å². The molecule has 0 spiro atoms. The van der Waals surface area contributed by atoms with Crippen molar-refractivity contribution >= 4 is 22.5 Å². The van der Waals surface area contributed by atoms with Crippen LogP contribution in [-0.4, -0.2) is 28.5 Å². The van der Waals surface area contributed by atoms with Gasteiger partial charge in [0.2, 0.25) is 0 Å². The quantitative estimate of drug-likeness (QED) is 0.840. The highest BCUT2D eigenvalue weighted by molar-refractivity contribution is 5.99. The van der Waals surface area contributed by atoms with E-state index in [1.54, 1.807) is 0 Å². The lowest BCUT2D eigenvalue weighted by atomic mass is 10.2. The molecule has 19 heavy (non-hydrogen) atoms. The Bertz CT molecular complexity index is 624. The third-order valence-electron chi connectivity index (χ3n) is 3.85. The Morgan fingerprint density at radius 1 is 1.26 bits per heavy atom. The first kappa shape index (κ1) is 12.1. The van der Waals surface area contributed by atoms with E-state index in [0.29, 0.717) is 0 Å². The molecule has 0 radical (unpaired) electrons. The minimum absolute atomic E-state index is 0.147. The molecule has 0 unspecified atom stereocenters. The molecule has 1 aliphatic heterocycles. The number of anilines is 1. The zero-order chi connectivity index (χ0) is 13.4. The summed E-state index contributed by atoms with van der Waals surface area (Å²) in [5.74, 6) is 0.147. The molecule has 0 saturated carbocycles. The Hall–Kier alpha value is -1.97. The number of aryl methyl sites for hydroxylation is 1. The minimum Gasteiger partial charge on any atom is -0.399 e. The number of nitrogens with zero attached hydrogens (tertiary/aromatic N) is 2. The number of carbonyl (C=O) groups excluding carboxylic acids is 1. The average molecular weight is 257 g/mol. The van der Waals surface area contributed by atoms with Crippen LogP contribution < -0.4 is 5.73 Å². The molecule has 0 aliphatic carbocycles. The molecule has 1 aromatic heterocycles. The van der Waals surface area contributed by atoms with Gasteiger partial charge in [-0.1, -0.05) is 0 Å². The minimum atomic E-state index is 0.147. The van der Waals surface area contributed by atoms with Crippen LogP contribution in [0.15, 0.2) is 24.3 Å². The number of rotatable bonds is 2. The standard InChI is InChI=1S/C15H19N3O/c1-2-18-13-6-5-12(16)9-11(13)10-14(18)15(19)17-7-3-4-8-17/h5-6,9-10H,2-4,7-8,16H2,1H3. The molecule has 4 heteroatoms. The first-order valence-corrected chi connectivity index (χ1v) is 6.88. The van der Waals surface area contributed by atoms with Crippen molar-refractivity contribution in [2.24, 2.45) is 0 Å². The summed E-state index contributed by atoms with van der Waals surface area (Å²) in [6.45, 7) is 4.62. The monoisotopic (exact) mass is 257 g/mol. The number of benzene rings is 1. The summed E-state index contributed by atoms with van der Waals surface area (Å²) in [5.41, 5.74) is 8.42. The van der Waals surface area contributed by atoms with E-state index in [1.165, 1.54) is 0 Å². The molecule has 3 rings (SSSR count). The number of fused-ring (bicyclic) bond motifs is 1. The topological polar surface area (TPSA) is 51.3 Å². The fourth-order valence-electron chi connectivity index (χ4n) is 2.89. The largest absolute Gasteiger partial charge is 0.399 e. The van der Waals surface area contributed by atoms with E-state index in [4.69, 9.17) is 5.73 Å². The Kier molecular flexibility index (Phi) is 2.93. The van der Waals surface area contributed by atoms with Crippen molar-refractivity contribution in [3.63, 3.8) is 0 Å². The van der Waals surface area contributed by atoms with Gasteiger partial charge in [0.25, 0.3) is 5.91 Å². The molecule has 0 atom stereocenters. The summed E-state index contributed by atoms with van der Waals surface area (Å²) in [7, 11) is 0. The van der Waals surface area contributed by atoms with Gasteiger partial charge in [-0.05, 0) is 44.0 Å². The third-order valence-corrected chi connectivity index (χ3v) is 3.85. The Morgan fingerprint density at radius 2 is 2.00 bits per heavy atom. The number of hydrogen-bond acceptors (Lipinski definition) is 2. The fourth-order valence-corrected chi connectivity index (χ4v) is 2.89. The molecule has 2 N–H and O–H groups in total. The van der Waals surface area contributed by atoms with Crippen LogP contribution >= 0.6 is 0 Å². The molecule has 100 valence electrons. The second kappa shape index (κ2) is 4.61. The van der Waals surface area contributed by atoms with Gasteiger partial charge in [0.15, 0.2) is 0 Å². The van der Waals surface area contributed by atoms with Crippen molar-refractivity contribution < 1.29 is 4.79 Å². The lowest BCUT2D eigenvalue weighted by Crippen LogP contribution is -2.29. The van der Waals surface area contributed by atoms with Gasteiger partial charge in [0.05, 0.1) is 0 Å². The zero-order valence-electron chi connectivity index (χ0n) is 11.2. The van der Waals surface area contributed by atoms with E-state index in [0.717, 1.165) is 54.8 Å². The average Bonchev–Trinajstić information content (AvgIpc) is 3.04. The number of carbonyl (C=O) groups is 1. The third kappa shape index (κ3) is 1.97. The first-order chi connectivity index (χ1) is 9.20. The smallest absolute Gasteiger partial charge is 0.270 e. The maximum Gasteiger partial charge on any atom is 0.270 e. The molecule has 2 aromatic rings. The van der Waals surface area contributed by atoms with Crippen LogP contribution in [0.25, 0.3) is 10.9 Å². The second-order valence-electron chi connectivity index (χ2n) is 5.09. The highest BCUT2D eigenvalue weighted by Crippen LogP contribution is 2.24. The molecule has 0 bridgehead atoms.